The number of esters is 1. The van der Waals surface area contributed by atoms with E-state index in [1.807, 2.05) is 24.0 Å². The van der Waals surface area contributed by atoms with Crippen LogP contribution in [0.5, 0.6) is 0 Å². The van der Waals surface area contributed by atoms with Crippen molar-refractivity contribution in [1.29, 1.82) is 10.5 Å². The molecule has 1 aromatic rings. The van der Waals surface area contributed by atoms with E-state index in [0.717, 1.165) is 16.5 Å². The summed E-state index contributed by atoms with van der Waals surface area (Å²) in [7, 11) is 0. The van der Waals surface area contributed by atoms with E-state index in [4.69, 9.17) is 15.3 Å². The Bertz CT molecular complexity index is 666. The number of hydrogen-bond acceptors (Lipinski definition) is 5. The summed E-state index contributed by atoms with van der Waals surface area (Å²) >= 11 is 2.27. The molecular formula is C18H18IN3O2. The molecule has 0 aliphatic rings. The van der Waals surface area contributed by atoms with Crippen LogP contribution in [-0.4, -0.2) is 30.6 Å². The van der Waals surface area contributed by atoms with E-state index in [1.54, 1.807) is 36.5 Å². The van der Waals surface area contributed by atoms with Gasteiger partial charge in [0.15, 0.2) is 0 Å². The lowest BCUT2D eigenvalue weighted by Crippen LogP contribution is -2.23. The molecule has 5 nitrogen and oxygen atoms in total. The zero-order valence-electron chi connectivity index (χ0n) is 13.4. The smallest absolute Gasteiger partial charge is 0.338 e. The molecule has 0 saturated carbocycles. The van der Waals surface area contributed by atoms with Crippen molar-refractivity contribution in [1.82, 2.24) is 4.90 Å². The Morgan fingerprint density at radius 1 is 1.29 bits per heavy atom. The molecule has 1 aromatic carbocycles. The molecule has 0 saturated heterocycles. The highest BCUT2D eigenvalue weighted by Crippen LogP contribution is 2.09. The van der Waals surface area contributed by atoms with Crippen LogP contribution in [0.4, 0.5) is 0 Å². The zero-order chi connectivity index (χ0) is 17.8. The third-order valence-electron chi connectivity index (χ3n) is 3.16. The number of hydrogen-bond donors (Lipinski definition) is 0. The molecule has 0 aliphatic carbocycles. The van der Waals surface area contributed by atoms with E-state index in [9.17, 15) is 4.79 Å². The number of nitriles is 2. The third-order valence-corrected chi connectivity index (χ3v) is 4.04. The Balaban J connectivity index is 2.47. The number of halogens is 1. The van der Waals surface area contributed by atoms with Gasteiger partial charge in [0.25, 0.3) is 0 Å². The summed E-state index contributed by atoms with van der Waals surface area (Å²) in [6.45, 7) is 3.49. The van der Waals surface area contributed by atoms with Crippen LogP contribution in [0.2, 0.25) is 0 Å². The summed E-state index contributed by atoms with van der Waals surface area (Å²) < 4.78 is 6.17. The largest absolute Gasteiger partial charge is 0.460 e. The molecule has 0 fully saturated rings. The highest BCUT2D eigenvalue weighted by atomic mass is 127. The average Bonchev–Trinajstić information content (AvgIpc) is 2.63. The maximum Gasteiger partial charge on any atom is 0.338 e. The van der Waals surface area contributed by atoms with Gasteiger partial charge in [-0.05, 0) is 43.0 Å². The van der Waals surface area contributed by atoms with Crippen LogP contribution in [0.25, 0.3) is 0 Å². The van der Waals surface area contributed by atoms with Gasteiger partial charge in [0, 0.05) is 11.0 Å². The molecular weight excluding hydrogens is 417 g/mol. The number of alkyl halides is 1. The summed E-state index contributed by atoms with van der Waals surface area (Å²) in [4.78, 5) is 13.9. The van der Waals surface area contributed by atoms with Gasteiger partial charge in [-0.2, -0.15) is 10.5 Å². The first-order valence-corrected chi connectivity index (χ1v) is 8.92. The molecule has 0 radical (unpaired) electrons. The van der Waals surface area contributed by atoms with Crippen LogP contribution < -0.4 is 0 Å². The fourth-order valence-corrected chi connectivity index (χ4v) is 2.28. The molecule has 0 heterocycles. The van der Waals surface area contributed by atoms with Gasteiger partial charge in [-0.1, -0.05) is 34.7 Å². The van der Waals surface area contributed by atoms with Gasteiger partial charge in [-0.25, -0.2) is 4.79 Å². The minimum atomic E-state index is -0.341. The number of allylic oxidation sites excluding steroid dienone is 3. The van der Waals surface area contributed by atoms with E-state index in [0.29, 0.717) is 12.1 Å². The van der Waals surface area contributed by atoms with Gasteiger partial charge in [-0.3, -0.25) is 0 Å². The molecule has 0 aromatic heterocycles. The number of carbonyl (C=O) groups is 1. The van der Waals surface area contributed by atoms with Crippen LogP contribution in [-0.2, 0) is 9.16 Å². The predicted octanol–water partition coefficient (Wildman–Crippen LogP) is 3.59. The van der Waals surface area contributed by atoms with E-state index in [-0.39, 0.29) is 18.1 Å². The van der Waals surface area contributed by atoms with Crippen LogP contribution in [0.15, 0.2) is 48.2 Å². The third kappa shape index (κ3) is 6.84. The second-order valence-corrected chi connectivity index (χ2v) is 5.50. The maximum atomic E-state index is 12.0. The minimum absolute atomic E-state index is 0.0451. The van der Waals surface area contributed by atoms with Crippen molar-refractivity contribution in [2.24, 2.45) is 0 Å². The van der Waals surface area contributed by atoms with Crippen LogP contribution in [0, 0.1) is 22.7 Å². The predicted molar refractivity (Wildman–Crippen MR) is 100 cm³/mol. The van der Waals surface area contributed by atoms with Crippen LogP contribution in [0.1, 0.15) is 22.8 Å². The summed E-state index contributed by atoms with van der Waals surface area (Å²) in [6.07, 6.45) is 4.84. The average molecular weight is 435 g/mol. The van der Waals surface area contributed by atoms with Gasteiger partial charge >= 0.3 is 5.97 Å². The van der Waals surface area contributed by atoms with Gasteiger partial charge in [0.05, 0.1) is 12.1 Å². The van der Waals surface area contributed by atoms with Crippen molar-refractivity contribution in [3.8, 4) is 12.1 Å². The van der Waals surface area contributed by atoms with E-state index < -0.39 is 0 Å². The topological polar surface area (TPSA) is 77.1 Å². The molecule has 124 valence electrons. The Morgan fingerprint density at radius 2 is 1.96 bits per heavy atom. The molecule has 0 unspecified atom stereocenters. The van der Waals surface area contributed by atoms with Crippen molar-refractivity contribution in [3.63, 3.8) is 0 Å². The molecule has 0 N–H and O–H groups in total. The normalized spacial score (nSPS) is 9.83. The summed E-state index contributed by atoms with van der Waals surface area (Å²) in [6, 6.07) is 10.9. The molecule has 0 aliphatic heterocycles. The molecule has 1 rings (SSSR count). The lowest BCUT2D eigenvalue weighted by atomic mass is 10.1. The number of nitrogens with zero attached hydrogens (tertiary/aromatic N) is 3. The van der Waals surface area contributed by atoms with Crippen molar-refractivity contribution in [3.05, 3.63) is 59.3 Å². The van der Waals surface area contributed by atoms with E-state index >= 15 is 0 Å². The van der Waals surface area contributed by atoms with Gasteiger partial charge in [0.1, 0.15) is 24.3 Å². The number of rotatable bonds is 8. The van der Waals surface area contributed by atoms with Gasteiger partial charge in [0.2, 0.25) is 0 Å². The lowest BCUT2D eigenvalue weighted by molar-refractivity contribution is 0.0481. The minimum Gasteiger partial charge on any atom is -0.460 e. The molecule has 24 heavy (non-hydrogen) atoms. The molecule has 6 heteroatoms. The van der Waals surface area contributed by atoms with Gasteiger partial charge < -0.3 is 9.64 Å². The summed E-state index contributed by atoms with van der Waals surface area (Å²) in [5.74, 6) is -0.341. The molecule has 0 amide bonds. The number of ether oxygens (including phenoxy) is 1. The Morgan fingerprint density at radius 3 is 2.50 bits per heavy atom. The van der Waals surface area contributed by atoms with Gasteiger partial charge in [-0.15, -0.1) is 0 Å². The second kappa shape index (κ2) is 11.3. The number of carbonyl (C=O) groups excluding carboxylic acids is 1. The molecule has 0 bridgehead atoms. The molecule has 0 spiro atoms. The number of likely N-dealkylation sites (N-methyl/N-ethyl adjacent to an activating group) is 1. The Hall–Kier alpha value is -2.32. The Labute approximate surface area is 156 Å². The maximum absolute atomic E-state index is 12.0. The first kappa shape index (κ1) is 19.7. The van der Waals surface area contributed by atoms with Crippen molar-refractivity contribution in [2.75, 3.05) is 19.7 Å². The summed E-state index contributed by atoms with van der Waals surface area (Å²) in [5, 5.41) is 17.3. The van der Waals surface area contributed by atoms with Crippen molar-refractivity contribution in [2.45, 2.75) is 11.4 Å². The fourth-order valence-electron chi connectivity index (χ4n) is 1.77. The lowest BCUT2D eigenvalue weighted by Gasteiger charge is -2.17. The summed E-state index contributed by atoms with van der Waals surface area (Å²) in [5.41, 5.74) is 1.75. The standard InChI is InChI=1S/C18H18IN3O2/c1-2-22(9-3-4-16(13-20)14-21)10-11-24-18(23)17-7-5-15(12-19)6-8-17/h3-9H,2,10-12H2,1H3/b9-3+. The molecule has 0 atom stereocenters. The number of benzene rings is 1. The first-order valence-electron chi connectivity index (χ1n) is 7.39. The van der Waals surface area contributed by atoms with Crippen LogP contribution >= 0.6 is 22.6 Å². The second-order valence-electron chi connectivity index (χ2n) is 4.74. The highest BCUT2D eigenvalue weighted by Gasteiger charge is 2.07. The SMILES string of the molecule is CCN(/C=C/C=C(C#N)C#N)CCOC(=O)c1ccc(CI)cc1. The Kier molecular flexibility index (Phi) is 9.25. The van der Waals surface area contributed by atoms with E-state index in [2.05, 4.69) is 22.6 Å². The quantitative estimate of drug-likeness (QED) is 0.205. The van der Waals surface area contributed by atoms with E-state index in [1.165, 1.54) is 6.08 Å². The van der Waals surface area contributed by atoms with Crippen molar-refractivity contribution >= 4 is 28.6 Å². The fraction of sp³-hybridized carbons (Fsp3) is 0.278. The van der Waals surface area contributed by atoms with Crippen LogP contribution in [0.3, 0.4) is 0 Å². The first-order chi connectivity index (χ1) is 11.6. The monoisotopic (exact) mass is 435 g/mol. The highest BCUT2D eigenvalue weighted by molar-refractivity contribution is 14.1. The zero-order valence-corrected chi connectivity index (χ0v) is 15.6. The van der Waals surface area contributed by atoms with Crippen molar-refractivity contribution < 1.29 is 9.53 Å².